The van der Waals surface area contributed by atoms with Crippen LogP contribution in [0.25, 0.3) is 0 Å². The Labute approximate surface area is 68.5 Å². The Morgan fingerprint density at radius 3 is 2.64 bits per heavy atom. The van der Waals surface area contributed by atoms with Crippen LogP contribution in [0.5, 0.6) is 0 Å². The van der Waals surface area contributed by atoms with Gasteiger partial charge >= 0.3 is 0 Å². The fraction of sp³-hybridized carbons (Fsp3) is 1.00. The minimum atomic E-state index is 0.628. The molecule has 0 aromatic heterocycles. The van der Waals surface area contributed by atoms with E-state index in [9.17, 15) is 0 Å². The van der Waals surface area contributed by atoms with Crippen LogP contribution in [0.15, 0.2) is 0 Å². The second-order valence-corrected chi connectivity index (χ2v) is 3.34. The first-order valence-corrected chi connectivity index (χ1v) is 4.57. The number of quaternary nitrogens is 2. The number of hydrogen-bond acceptors (Lipinski definition) is 1. The van der Waals surface area contributed by atoms with Crippen molar-refractivity contribution in [2.45, 2.75) is 19.4 Å². The van der Waals surface area contributed by atoms with Crippen molar-refractivity contribution < 1.29 is 15.4 Å². The van der Waals surface area contributed by atoms with E-state index in [-0.39, 0.29) is 0 Å². The molecule has 0 unspecified atom stereocenters. The van der Waals surface area contributed by atoms with E-state index < -0.39 is 0 Å². The summed E-state index contributed by atoms with van der Waals surface area (Å²) < 4.78 is 5.27. The molecule has 66 valence electrons. The Balaban J connectivity index is 2.13. The highest BCUT2D eigenvalue weighted by Crippen LogP contribution is 1.79. The van der Waals surface area contributed by atoms with Crippen LogP contribution in [-0.4, -0.2) is 38.9 Å². The first-order valence-electron chi connectivity index (χ1n) is 4.57. The Morgan fingerprint density at radius 1 is 1.45 bits per heavy atom. The molecule has 0 radical (unpaired) electrons. The minimum Gasteiger partial charge on any atom is -0.370 e. The topological polar surface area (TPSA) is 41.3 Å². The van der Waals surface area contributed by atoms with Crippen LogP contribution < -0.4 is 10.6 Å². The maximum atomic E-state index is 5.27. The summed E-state index contributed by atoms with van der Waals surface area (Å²) in [5.74, 6) is 0. The third-order valence-electron chi connectivity index (χ3n) is 2.35. The maximum Gasteiger partial charge on any atom is 0.134 e. The van der Waals surface area contributed by atoms with Gasteiger partial charge in [-0.25, -0.2) is 0 Å². The smallest absolute Gasteiger partial charge is 0.134 e. The second kappa shape index (κ2) is 4.70. The molecule has 1 heterocycles. The third kappa shape index (κ3) is 3.18. The van der Waals surface area contributed by atoms with Gasteiger partial charge in [0.2, 0.25) is 0 Å². The largest absolute Gasteiger partial charge is 0.370 e. The molecular weight excluding hydrogens is 140 g/mol. The van der Waals surface area contributed by atoms with Gasteiger partial charge in [0.25, 0.3) is 0 Å². The molecule has 1 fully saturated rings. The molecule has 0 spiro atoms. The van der Waals surface area contributed by atoms with Crippen molar-refractivity contribution in [3.8, 4) is 0 Å². The second-order valence-electron chi connectivity index (χ2n) is 3.34. The zero-order valence-electron chi connectivity index (χ0n) is 7.44. The Morgan fingerprint density at radius 2 is 2.09 bits per heavy atom. The molecule has 1 atom stereocenters. The molecule has 4 N–H and O–H groups in total. The van der Waals surface area contributed by atoms with Crippen LogP contribution in [0, 0.1) is 0 Å². The summed E-state index contributed by atoms with van der Waals surface area (Å²) in [6.45, 7) is 7.65. The van der Waals surface area contributed by atoms with Gasteiger partial charge in [-0.2, -0.15) is 0 Å². The van der Waals surface area contributed by atoms with E-state index in [4.69, 9.17) is 4.74 Å². The van der Waals surface area contributed by atoms with Gasteiger partial charge in [-0.3, -0.25) is 0 Å². The summed E-state index contributed by atoms with van der Waals surface area (Å²) in [6.07, 6.45) is 1.20. The molecule has 1 aliphatic rings. The molecule has 1 saturated heterocycles. The lowest BCUT2D eigenvalue weighted by Crippen LogP contribution is -3.16. The molecule has 1 aliphatic heterocycles. The van der Waals surface area contributed by atoms with Crippen LogP contribution in [0.2, 0.25) is 0 Å². The normalized spacial score (nSPS) is 23.5. The van der Waals surface area contributed by atoms with E-state index >= 15 is 0 Å². The Kier molecular flexibility index (Phi) is 3.83. The van der Waals surface area contributed by atoms with Gasteiger partial charge in [0, 0.05) is 6.42 Å². The van der Waals surface area contributed by atoms with Crippen molar-refractivity contribution in [3.05, 3.63) is 0 Å². The minimum absolute atomic E-state index is 0.628. The van der Waals surface area contributed by atoms with Crippen LogP contribution in [0.4, 0.5) is 0 Å². The van der Waals surface area contributed by atoms with Gasteiger partial charge in [0.15, 0.2) is 0 Å². The molecule has 0 aromatic rings. The van der Waals surface area contributed by atoms with Crippen molar-refractivity contribution in [3.63, 3.8) is 0 Å². The highest BCUT2D eigenvalue weighted by Gasteiger charge is 2.17. The van der Waals surface area contributed by atoms with Crippen molar-refractivity contribution in [2.24, 2.45) is 0 Å². The number of rotatable bonds is 3. The van der Waals surface area contributed by atoms with Gasteiger partial charge in [0.1, 0.15) is 25.7 Å². The average Bonchev–Trinajstić information content (AvgIpc) is 2.06. The molecule has 11 heavy (non-hydrogen) atoms. The van der Waals surface area contributed by atoms with Crippen LogP contribution in [-0.2, 0) is 4.74 Å². The van der Waals surface area contributed by atoms with E-state index in [1.54, 1.807) is 4.90 Å². The van der Waals surface area contributed by atoms with Gasteiger partial charge in [-0.1, -0.05) is 6.92 Å². The summed E-state index contributed by atoms with van der Waals surface area (Å²) in [6, 6.07) is 0.628. The number of nitrogens with one attached hydrogen (secondary N) is 1. The van der Waals surface area contributed by atoms with E-state index in [0.29, 0.717) is 6.04 Å². The summed E-state index contributed by atoms with van der Waals surface area (Å²) in [5.41, 5.74) is 4.09. The highest BCUT2D eigenvalue weighted by molar-refractivity contribution is 4.47. The predicted octanol–water partition coefficient (Wildman–Crippen LogP) is -2.08. The molecule has 0 bridgehead atoms. The Hall–Kier alpha value is -0.120. The van der Waals surface area contributed by atoms with Crippen molar-refractivity contribution in [1.29, 1.82) is 0 Å². The van der Waals surface area contributed by atoms with E-state index in [0.717, 1.165) is 13.2 Å². The lowest BCUT2D eigenvalue weighted by Gasteiger charge is -2.24. The van der Waals surface area contributed by atoms with Crippen molar-refractivity contribution >= 4 is 0 Å². The van der Waals surface area contributed by atoms with Gasteiger partial charge < -0.3 is 15.4 Å². The van der Waals surface area contributed by atoms with Gasteiger partial charge in [-0.15, -0.1) is 0 Å². The summed E-state index contributed by atoms with van der Waals surface area (Å²) in [7, 11) is 0. The fourth-order valence-electron chi connectivity index (χ4n) is 1.42. The first kappa shape index (κ1) is 8.97. The summed E-state index contributed by atoms with van der Waals surface area (Å²) in [5, 5.41) is 0. The zero-order chi connectivity index (χ0) is 8.10. The summed E-state index contributed by atoms with van der Waals surface area (Å²) >= 11 is 0. The number of ether oxygens (including phenoxy) is 1. The highest BCUT2D eigenvalue weighted by atomic mass is 16.5. The van der Waals surface area contributed by atoms with Crippen molar-refractivity contribution in [2.75, 3.05) is 32.8 Å². The zero-order valence-corrected chi connectivity index (χ0v) is 7.44. The van der Waals surface area contributed by atoms with E-state index in [1.807, 2.05) is 0 Å². The predicted molar refractivity (Wildman–Crippen MR) is 43.3 cm³/mol. The Bertz CT molecular complexity index is 102. The van der Waals surface area contributed by atoms with E-state index in [1.165, 1.54) is 26.1 Å². The molecule has 0 saturated carbocycles. The van der Waals surface area contributed by atoms with E-state index in [2.05, 4.69) is 12.7 Å². The first-order chi connectivity index (χ1) is 5.33. The third-order valence-corrected chi connectivity index (χ3v) is 2.35. The standard InChI is InChI=1S/C8H18N2O/c1-2-8(9)7-10-3-5-11-6-4-10/h8H,2-7,9H2,1H3/p+2/t8-/m0/s1. The maximum absolute atomic E-state index is 5.27. The van der Waals surface area contributed by atoms with Crippen molar-refractivity contribution in [1.82, 2.24) is 0 Å². The number of hydrogen-bond donors (Lipinski definition) is 2. The monoisotopic (exact) mass is 160 g/mol. The van der Waals surface area contributed by atoms with Crippen LogP contribution in [0.3, 0.4) is 0 Å². The molecular formula is C8H20N2O+2. The van der Waals surface area contributed by atoms with Gasteiger partial charge in [-0.05, 0) is 0 Å². The molecule has 0 aromatic carbocycles. The lowest BCUT2D eigenvalue weighted by molar-refractivity contribution is -0.916. The van der Waals surface area contributed by atoms with Gasteiger partial charge in [0.05, 0.1) is 13.2 Å². The quantitative estimate of drug-likeness (QED) is 0.489. The summed E-state index contributed by atoms with van der Waals surface area (Å²) in [4.78, 5) is 1.66. The average molecular weight is 160 g/mol. The molecule has 3 heteroatoms. The number of morpholine rings is 1. The molecule has 3 nitrogen and oxygen atoms in total. The molecule has 1 rings (SSSR count). The SMILES string of the molecule is CC[C@H]([NH3+])C[NH+]1CCOCC1. The molecule has 0 amide bonds. The molecule has 0 aliphatic carbocycles. The fourth-order valence-corrected chi connectivity index (χ4v) is 1.42. The van der Waals surface area contributed by atoms with Crippen LogP contribution >= 0.6 is 0 Å². The van der Waals surface area contributed by atoms with Crippen LogP contribution in [0.1, 0.15) is 13.3 Å². The lowest BCUT2D eigenvalue weighted by atomic mass is 10.2.